The molecule has 0 aliphatic rings. The van der Waals surface area contributed by atoms with Gasteiger partial charge in [0, 0.05) is 11.1 Å². The molecule has 0 atom stereocenters. The SMILES string of the molecule is C#Cc1[c]cc(C#C)cc1. The lowest BCUT2D eigenvalue weighted by molar-refractivity contribution is 1.59. The Hall–Kier alpha value is -1.66. The van der Waals surface area contributed by atoms with Crippen molar-refractivity contribution in [2.75, 3.05) is 0 Å². The first kappa shape index (κ1) is 6.46. The molecule has 1 aromatic carbocycles. The van der Waals surface area contributed by atoms with Crippen LogP contribution in [0.25, 0.3) is 0 Å². The molecule has 0 unspecified atom stereocenters. The summed E-state index contributed by atoms with van der Waals surface area (Å²) >= 11 is 0. The van der Waals surface area contributed by atoms with Gasteiger partial charge in [-0.05, 0) is 24.3 Å². The maximum absolute atomic E-state index is 5.12. The molecule has 45 valence electrons. The van der Waals surface area contributed by atoms with E-state index in [-0.39, 0.29) is 0 Å². The highest BCUT2D eigenvalue weighted by atomic mass is 13.9. The molecule has 0 aliphatic heterocycles. The quantitative estimate of drug-likeness (QED) is 0.460. The minimum atomic E-state index is 0.735. The average Bonchev–Trinajstić information content (AvgIpc) is 2.05. The van der Waals surface area contributed by atoms with Crippen molar-refractivity contribution in [3.05, 3.63) is 35.4 Å². The second-order valence-electron chi connectivity index (χ2n) is 1.78. The van der Waals surface area contributed by atoms with Gasteiger partial charge < -0.3 is 0 Å². The summed E-state index contributed by atoms with van der Waals surface area (Å²) < 4.78 is 0. The zero-order valence-electron chi connectivity index (χ0n) is 5.39. The second kappa shape index (κ2) is 2.76. The molecule has 1 radical (unpaired) electrons. The van der Waals surface area contributed by atoms with Crippen molar-refractivity contribution in [2.24, 2.45) is 0 Å². The summed E-state index contributed by atoms with van der Waals surface area (Å²) in [6.07, 6.45) is 10.2. The maximum Gasteiger partial charge on any atom is 0.0322 e. The van der Waals surface area contributed by atoms with Crippen LogP contribution in [0.5, 0.6) is 0 Å². The first-order chi connectivity index (χ1) is 4.86. The van der Waals surface area contributed by atoms with Gasteiger partial charge >= 0.3 is 0 Å². The summed E-state index contributed by atoms with van der Waals surface area (Å²) in [6.45, 7) is 0. The molecule has 0 nitrogen and oxygen atoms in total. The van der Waals surface area contributed by atoms with E-state index in [4.69, 9.17) is 12.8 Å². The third-order valence-corrected chi connectivity index (χ3v) is 1.13. The summed E-state index contributed by atoms with van der Waals surface area (Å²) in [7, 11) is 0. The van der Waals surface area contributed by atoms with E-state index in [2.05, 4.69) is 17.9 Å². The highest BCUT2D eigenvalue weighted by molar-refractivity contribution is 5.38. The van der Waals surface area contributed by atoms with Gasteiger partial charge in [-0.1, -0.05) is 11.8 Å². The standard InChI is InChI=1S/C10H5/c1-3-9-5-7-10(4-2)8-6-9/h1-2,5-7H. The fraction of sp³-hybridized carbons (Fsp3) is 0. The maximum atomic E-state index is 5.12. The smallest absolute Gasteiger partial charge is 0.0322 e. The molecule has 0 bridgehead atoms. The molecule has 0 N–H and O–H groups in total. The molecular weight excluding hydrogens is 120 g/mol. The zero-order chi connectivity index (χ0) is 7.40. The van der Waals surface area contributed by atoms with Crippen LogP contribution in [-0.4, -0.2) is 0 Å². The third-order valence-electron chi connectivity index (χ3n) is 1.13. The Kier molecular flexibility index (Phi) is 1.78. The Bertz CT molecular complexity index is 257. The molecule has 1 aromatic rings. The Morgan fingerprint density at radius 1 is 1.20 bits per heavy atom. The van der Waals surface area contributed by atoms with E-state index < -0.39 is 0 Å². The first-order valence-corrected chi connectivity index (χ1v) is 2.82. The van der Waals surface area contributed by atoms with E-state index in [1.165, 1.54) is 0 Å². The van der Waals surface area contributed by atoms with Crippen LogP contribution in [0.2, 0.25) is 0 Å². The van der Waals surface area contributed by atoms with Crippen LogP contribution in [0.3, 0.4) is 0 Å². The van der Waals surface area contributed by atoms with E-state index >= 15 is 0 Å². The second-order valence-corrected chi connectivity index (χ2v) is 1.78. The lowest BCUT2D eigenvalue weighted by atomic mass is 10.1. The molecule has 0 fully saturated rings. The Morgan fingerprint density at radius 3 is 2.40 bits per heavy atom. The van der Waals surface area contributed by atoms with Crippen molar-refractivity contribution in [3.8, 4) is 24.7 Å². The highest BCUT2D eigenvalue weighted by Gasteiger charge is 1.86. The van der Waals surface area contributed by atoms with Gasteiger partial charge in [-0.25, -0.2) is 0 Å². The molecule has 0 aromatic heterocycles. The van der Waals surface area contributed by atoms with Crippen LogP contribution in [0.4, 0.5) is 0 Å². The molecule has 10 heavy (non-hydrogen) atoms. The molecule has 0 heterocycles. The summed E-state index contributed by atoms with van der Waals surface area (Å²) in [5.41, 5.74) is 1.54. The van der Waals surface area contributed by atoms with Crippen LogP contribution < -0.4 is 0 Å². The summed E-state index contributed by atoms with van der Waals surface area (Å²) in [6, 6.07) is 8.13. The number of hydrogen-bond acceptors (Lipinski definition) is 0. The van der Waals surface area contributed by atoms with Gasteiger partial charge in [0.15, 0.2) is 0 Å². The first-order valence-electron chi connectivity index (χ1n) is 2.82. The van der Waals surface area contributed by atoms with Crippen LogP contribution in [0, 0.1) is 30.8 Å². The number of rotatable bonds is 0. The predicted octanol–water partition coefficient (Wildman–Crippen LogP) is 1.45. The number of terminal acetylenes is 2. The predicted molar refractivity (Wildman–Crippen MR) is 41.1 cm³/mol. The van der Waals surface area contributed by atoms with Crippen molar-refractivity contribution in [2.45, 2.75) is 0 Å². The Morgan fingerprint density at radius 2 is 2.00 bits per heavy atom. The normalized spacial score (nSPS) is 7.80. The lowest BCUT2D eigenvalue weighted by Crippen LogP contribution is -1.75. The van der Waals surface area contributed by atoms with Gasteiger partial charge in [0.2, 0.25) is 0 Å². The van der Waals surface area contributed by atoms with E-state index in [0.717, 1.165) is 11.1 Å². The fourth-order valence-electron chi connectivity index (χ4n) is 0.604. The number of benzene rings is 1. The van der Waals surface area contributed by atoms with Crippen LogP contribution in [0.15, 0.2) is 18.2 Å². The topological polar surface area (TPSA) is 0 Å². The molecular formula is C10H5. The van der Waals surface area contributed by atoms with Crippen molar-refractivity contribution < 1.29 is 0 Å². The summed E-state index contributed by atoms with van der Waals surface area (Å²) in [4.78, 5) is 0. The largest absolute Gasteiger partial charge is 0.115 e. The van der Waals surface area contributed by atoms with E-state index in [1.54, 1.807) is 18.2 Å². The molecule has 0 amide bonds. The minimum absolute atomic E-state index is 0.735. The molecule has 0 saturated heterocycles. The highest BCUT2D eigenvalue weighted by Crippen LogP contribution is 1.99. The van der Waals surface area contributed by atoms with E-state index in [0.29, 0.717) is 0 Å². The van der Waals surface area contributed by atoms with Crippen LogP contribution in [0.1, 0.15) is 11.1 Å². The third kappa shape index (κ3) is 1.19. The van der Waals surface area contributed by atoms with Crippen molar-refractivity contribution in [1.82, 2.24) is 0 Å². The van der Waals surface area contributed by atoms with Gasteiger partial charge in [-0.2, -0.15) is 0 Å². The number of hydrogen-bond donors (Lipinski definition) is 0. The molecule has 0 aliphatic carbocycles. The average molecular weight is 125 g/mol. The summed E-state index contributed by atoms with van der Waals surface area (Å²) in [5.74, 6) is 4.93. The Balaban J connectivity index is 3.08. The monoisotopic (exact) mass is 125 g/mol. The molecule has 0 saturated carbocycles. The summed E-state index contributed by atoms with van der Waals surface area (Å²) in [5, 5.41) is 0. The van der Waals surface area contributed by atoms with Crippen LogP contribution >= 0.6 is 0 Å². The minimum Gasteiger partial charge on any atom is -0.115 e. The Labute approximate surface area is 60.9 Å². The molecule has 0 heteroatoms. The van der Waals surface area contributed by atoms with Gasteiger partial charge in [-0.3, -0.25) is 0 Å². The van der Waals surface area contributed by atoms with Gasteiger partial charge in [-0.15, -0.1) is 12.8 Å². The van der Waals surface area contributed by atoms with Gasteiger partial charge in [0.25, 0.3) is 0 Å². The van der Waals surface area contributed by atoms with E-state index in [9.17, 15) is 0 Å². The van der Waals surface area contributed by atoms with Gasteiger partial charge in [0.05, 0.1) is 0 Å². The lowest BCUT2D eigenvalue weighted by Gasteiger charge is -1.88. The van der Waals surface area contributed by atoms with Crippen molar-refractivity contribution >= 4 is 0 Å². The van der Waals surface area contributed by atoms with Gasteiger partial charge in [0.1, 0.15) is 0 Å². The zero-order valence-corrected chi connectivity index (χ0v) is 5.39. The van der Waals surface area contributed by atoms with Crippen molar-refractivity contribution in [1.29, 1.82) is 0 Å². The van der Waals surface area contributed by atoms with E-state index in [1.807, 2.05) is 0 Å². The molecule has 0 spiro atoms. The molecule has 1 rings (SSSR count). The van der Waals surface area contributed by atoms with Crippen molar-refractivity contribution in [3.63, 3.8) is 0 Å². The fourth-order valence-corrected chi connectivity index (χ4v) is 0.604. The van der Waals surface area contributed by atoms with Crippen LogP contribution in [-0.2, 0) is 0 Å².